The van der Waals surface area contributed by atoms with Gasteiger partial charge in [-0.05, 0) is 12.8 Å². The summed E-state index contributed by atoms with van der Waals surface area (Å²) in [4.78, 5) is 34.5. The summed E-state index contributed by atoms with van der Waals surface area (Å²) < 4.78 is 32.6. The Kier molecular flexibility index (Phi) is 17.5. The van der Waals surface area contributed by atoms with Crippen molar-refractivity contribution in [3.05, 3.63) is 0 Å². The van der Waals surface area contributed by atoms with E-state index in [1.165, 1.54) is 6.42 Å². The van der Waals surface area contributed by atoms with E-state index in [0.29, 0.717) is 12.8 Å². The number of carbonyl (C=O) groups excluding carboxylic acids is 2. The molecular formula is C25H47O13P. The lowest BCUT2D eigenvalue weighted by atomic mass is 9.85. The van der Waals surface area contributed by atoms with Crippen LogP contribution in [0.3, 0.4) is 0 Å². The summed E-state index contributed by atoms with van der Waals surface area (Å²) in [5.41, 5.74) is 0. The fourth-order valence-corrected chi connectivity index (χ4v) is 5.02. The molecule has 1 aliphatic rings. The van der Waals surface area contributed by atoms with Gasteiger partial charge in [0.15, 0.2) is 6.10 Å². The third-order valence-corrected chi connectivity index (χ3v) is 7.43. The second kappa shape index (κ2) is 19.1. The van der Waals surface area contributed by atoms with Gasteiger partial charge in [-0.15, -0.1) is 0 Å². The molecule has 0 saturated heterocycles. The molecule has 6 atom stereocenters. The van der Waals surface area contributed by atoms with Gasteiger partial charge in [0, 0.05) is 12.8 Å². The Morgan fingerprint density at radius 2 is 1.15 bits per heavy atom. The zero-order valence-corrected chi connectivity index (χ0v) is 23.8. The zero-order valence-electron chi connectivity index (χ0n) is 22.9. The molecule has 0 aromatic carbocycles. The number of hydrogen-bond donors (Lipinski definition) is 6. The van der Waals surface area contributed by atoms with E-state index < -0.39 is 75.7 Å². The minimum Gasteiger partial charge on any atom is -0.462 e. The predicted octanol–water partition coefficient (Wildman–Crippen LogP) is 1.48. The molecule has 0 amide bonds. The van der Waals surface area contributed by atoms with Gasteiger partial charge in [0.1, 0.15) is 43.2 Å². The summed E-state index contributed by atoms with van der Waals surface area (Å²) in [5, 5.41) is 49.3. The molecule has 0 heterocycles. The third-order valence-electron chi connectivity index (χ3n) is 6.45. The number of carbonyl (C=O) groups is 2. The smallest absolute Gasteiger partial charge is 0.462 e. The summed E-state index contributed by atoms with van der Waals surface area (Å²) in [7, 11) is -5.07. The molecule has 1 aliphatic carbocycles. The largest absolute Gasteiger partial charge is 0.472 e. The molecule has 0 aromatic rings. The Labute approximate surface area is 230 Å². The van der Waals surface area contributed by atoms with Gasteiger partial charge in [0.2, 0.25) is 0 Å². The molecule has 0 radical (unpaired) electrons. The summed E-state index contributed by atoms with van der Waals surface area (Å²) >= 11 is 0. The fraction of sp³-hybridized carbons (Fsp3) is 0.920. The number of phosphoric ester groups is 1. The number of esters is 2. The zero-order chi connectivity index (χ0) is 29.4. The van der Waals surface area contributed by atoms with Crippen molar-refractivity contribution in [2.75, 3.05) is 13.2 Å². The van der Waals surface area contributed by atoms with E-state index in [1.807, 2.05) is 6.92 Å². The van der Waals surface area contributed by atoms with Crippen LogP contribution in [0.2, 0.25) is 0 Å². The average molecular weight is 587 g/mol. The first kappa shape index (κ1) is 35.9. The van der Waals surface area contributed by atoms with E-state index in [2.05, 4.69) is 6.92 Å². The van der Waals surface area contributed by atoms with Crippen LogP contribution in [-0.4, -0.2) is 98.3 Å². The predicted molar refractivity (Wildman–Crippen MR) is 138 cm³/mol. The first-order chi connectivity index (χ1) is 18.4. The van der Waals surface area contributed by atoms with Crippen molar-refractivity contribution in [1.29, 1.82) is 0 Å². The van der Waals surface area contributed by atoms with Crippen LogP contribution >= 0.6 is 7.82 Å². The minimum absolute atomic E-state index is 0.0978. The van der Waals surface area contributed by atoms with Crippen molar-refractivity contribution in [2.45, 2.75) is 134 Å². The number of ether oxygens (including phenoxy) is 2. The van der Waals surface area contributed by atoms with E-state index >= 15 is 0 Å². The van der Waals surface area contributed by atoms with Crippen LogP contribution in [0.5, 0.6) is 0 Å². The molecule has 0 spiro atoms. The van der Waals surface area contributed by atoms with Gasteiger partial charge in [0.25, 0.3) is 0 Å². The van der Waals surface area contributed by atoms with Crippen LogP contribution in [-0.2, 0) is 32.7 Å². The van der Waals surface area contributed by atoms with Crippen molar-refractivity contribution < 1.29 is 63.1 Å². The lowest BCUT2D eigenvalue weighted by Crippen LogP contribution is -2.64. The second-order valence-corrected chi connectivity index (χ2v) is 11.3. The molecule has 230 valence electrons. The molecule has 0 bridgehead atoms. The monoisotopic (exact) mass is 586 g/mol. The summed E-state index contributed by atoms with van der Waals surface area (Å²) in [6, 6.07) is 0. The molecule has 6 N–H and O–H groups in total. The van der Waals surface area contributed by atoms with Crippen molar-refractivity contribution in [3.63, 3.8) is 0 Å². The topological polar surface area (TPSA) is 210 Å². The number of aliphatic hydroxyl groups excluding tert-OH is 5. The quantitative estimate of drug-likeness (QED) is 0.0679. The highest BCUT2D eigenvalue weighted by atomic mass is 31.2. The van der Waals surface area contributed by atoms with Gasteiger partial charge < -0.3 is 39.9 Å². The molecule has 13 nitrogen and oxygen atoms in total. The highest BCUT2D eigenvalue weighted by molar-refractivity contribution is 7.47. The molecule has 0 aromatic heterocycles. The van der Waals surface area contributed by atoms with Crippen LogP contribution < -0.4 is 0 Å². The Bertz CT molecular complexity index is 735. The van der Waals surface area contributed by atoms with Crippen molar-refractivity contribution in [3.8, 4) is 0 Å². The number of unbranched alkanes of at least 4 members (excludes halogenated alkanes) is 8. The maximum atomic E-state index is 12.5. The summed E-state index contributed by atoms with van der Waals surface area (Å²) in [6.07, 6.45) is -3.59. The van der Waals surface area contributed by atoms with Crippen molar-refractivity contribution in [2.24, 2.45) is 0 Å². The van der Waals surface area contributed by atoms with E-state index in [9.17, 15) is 44.6 Å². The molecular weight excluding hydrogens is 539 g/mol. The average Bonchev–Trinajstić information content (AvgIpc) is 2.90. The number of hydrogen-bond acceptors (Lipinski definition) is 12. The third kappa shape index (κ3) is 13.8. The second-order valence-electron chi connectivity index (χ2n) is 9.91. The highest BCUT2D eigenvalue weighted by Crippen LogP contribution is 2.47. The summed E-state index contributed by atoms with van der Waals surface area (Å²) in [5.74, 6) is -1.14. The van der Waals surface area contributed by atoms with Gasteiger partial charge in [-0.2, -0.15) is 0 Å². The normalized spacial score (nSPS) is 27.5. The van der Waals surface area contributed by atoms with Gasteiger partial charge in [-0.25, -0.2) is 4.57 Å². The van der Waals surface area contributed by atoms with Crippen molar-refractivity contribution >= 4 is 19.8 Å². The molecule has 39 heavy (non-hydrogen) atoms. The Morgan fingerprint density at radius 3 is 1.74 bits per heavy atom. The van der Waals surface area contributed by atoms with Crippen LogP contribution in [0.25, 0.3) is 0 Å². The summed E-state index contributed by atoms with van der Waals surface area (Å²) in [6.45, 7) is 2.94. The fourth-order valence-electron chi connectivity index (χ4n) is 4.05. The minimum atomic E-state index is -5.07. The molecule has 14 heteroatoms. The number of aliphatic hydroxyl groups is 5. The van der Waals surface area contributed by atoms with Gasteiger partial charge in [-0.1, -0.05) is 65.2 Å². The molecule has 0 aliphatic heterocycles. The first-order valence-electron chi connectivity index (χ1n) is 13.8. The Morgan fingerprint density at radius 1 is 0.692 bits per heavy atom. The van der Waals surface area contributed by atoms with Gasteiger partial charge >= 0.3 is 19.8 Å². The standard InChI is InChI=1S/C25H47O13P/c1-3-5-7-8-9-10-12-14-19(27)37-17(15-35-18(26)13-11-6-4-2)16-36-39(33,34)38-25-23(31)21(29)20(28)22(30)24(25)32/h17,20-25,28-32H,3-16H2,1-2H3,(H,33,34). The number of rotatable bonds is 20. The van der Waals surface area contributed by atoms with Crippen LogP contribution in [0.15, 0.2) is 0 Å². The van der Waals surface area contributed by atoms with E-state index in [1.54, 1.807) is 0 Å². The van der Waals surface area contributed by atoms with Crippen LogP contribution in [0.4, 0.5) is 0 Å². The first-order valence-corrected chi connectivity index (χ1v) is 15.3. The lowest BCUT2D eigenvalue weighted by molar-refractivity contribution is -0.220. The molecule has 1 saturated carbocycles. The molecule has 1 fully saturated rings. The molecule has 6 unspecified atom stereocenters. The maximum Gasteiger partial charge on any atom is 0.472 e. The van der Waals surface area contributed by atoms with Crippen LogP contribution in [0, 0.1) is 0 Å². The van der Waals surface area contributed by atoms with Crippen molar-refractivity contribution in [1.82, 2.24) is 0 Å². The Hall–Kier alpha value is -1.15. The van der Waals surface area contributed by atoms with E-state index in [0.717, 1.165) is 44.9 Å². The highest BCUT2D eigenvalue weighted by Gasteiger charge is 2.51. The maximum absolute atomic E-state index is 12.5. The van der Waals surface area contributed by atoms with Crippen LogP contribution in [0.1, 0.15) is 90.9 Å². The SMILES string of the molecule is CCCCCCCCCC(=O)OC(COC(=O)CCCCC)COP(=O)(O)OC1C(O)C(O)C(O)C(O)C1O. The Balaban J connectivity index is 2.68. The lowest BCUT2D eigenvalue weighted by Gasteiger charge is -2.41. The van der Waals surface area contributed by atoms with E-state index in [4.69, 9.17) is 18.5 Å². The molecule has 1 rings (SSSR count). The van der Waals surface area contributed by atoms with E-state index in [-0.39, 0.29) is 12.8 Å². The van der Waals surface area contributed by atoms with Gasteiger partial charge in [-0.3, -0.25) is 18.6 Å². The number of phosphoric acid groups is 1. The van der Waals surface area contributed by atoms with Gasteiger partial charge in [0.05, 0.1) is 6.61 Å².